The molecule has 4 nitrogen and oxygen atoms in total. The van der Waals surface area contributed by atoms with Crippen LogP contribution in [-0.2, 0) is 12.8 Å². The van der Waals surface area contributed by atoms with E-state index in [9.17, 15) is 0 Å². The minimum absolute atomic E-state index is 0.137. The average molecular weight is 210 g/mol. The van der Waals surface area contributed by atoms with Gasteiger partial charge >= 0.3 is 0 Å². The van der Waals surface area contributed by atoms with Crippen LogP contribution < -0.4 is 0 Å². The van der Waals surface area contributed by atoms with Crippen molar-refractivity contribution in [3.8, 4) is 0 Å². The number of rotatable bonds is 5. The van der Waals surface area contributed by atoms with Crippen LogP contribution in [0.2, 0.25) is 0 Å². The largest absolute Gasteiger partial charge is 0.449 e. The van der Waals surface area contributed by atoms with E-state index < -0.39 is 0 Å². The van der Waals surface area contributed by atoms with E-state index in [1.165, 1.54) is 25.9 Å². The maximum Gasteiger partial charge on any atom is 0.195 e. The molecule has 1 aliphatic heterocycles. The van der Waals surface area contributed by atoms with E-state index >= 15 is 0 Å². The minimum atomic E-state index is 0.137. The Kier molecular flexibility index (Phi) is 3.75. The average Bonchev–Trinajstić information content (AvgIpc) is 2.85. The molecule has 84 valence electrons. The Morgan fingerprint density at radius 2 is 2.13 bits per heavy atom. The Morgan fingerprint density at radius 3 is 2.87 bits per heavy atom. The molecule has 1 N–H and O–H groups in total. The molecule has 0 aliphatic carbocycles. The highest BCUT2D eigenvalue weighted by Crippen LogP contribution is 2.09. The summed E-state index contributed by atoms with van der Waals surface area (Å²) in [7, 11) is 0. The van der Waals surface area contributed by atoms with Crippen LogP contribution in [0.5, 0.6) is 0 Å². The Labute approximate surface area is 89.9 Å². The Morgan fingerprint density at radius 1 is 1.33 bits per heavy atom. The number of aromatic nitrogens is 1. The summed E-state index contributed by atoms with van der Waals surface area (Å²) in [5, 5.41) is 8.74. The van der Waals surface area contributed by atoms with E-state index in [4.69, 9.17) is 9.52 Å². The molecule has 0 aromatic carbocycles. The van der Waals surface area contributed by atoms with Gasteiger partial charge in [-0.15, -0.1) is 0 Å². The van der Waals surface area contributed by atoms with Crippen LogP contribution in [-0.4, -0.2) is 41.2 Å². The first-order valence-corrected chi connectivity index (χ1v) is 5.65. The first-order valence-electron chi connectivity index (χ1n) is 5.65. The lowest BCUT2D eigenvalue weighted by atomic mass is 10.3. The number of aliphatic hydroxyl groups is 1. The fourth-order valence-corrected chi connectivity index (χ4v) is 1.95. The summed E-state index contributed by atoms with van der Waals surface area (Å²) in [6, 6.07) is 0. The van der Waals surface area contributed by atoms with Gasteiger partial charge in [-0.3, -0.25) is 0 Å². The molecule has 15 heavy (non-hydrogen) atoms. The van der Waals surface area contributed by atoms with E-state index in [0.29, 0.717) is 6.42 Å². The Bertz CT molecular complexity index is 293. The Balaban J connectivity index is 1.77. The molecule has 1 aromatic rings. The van der Waals surface area contributed by atoms with E-state index in [2.05, 4.69) is 9.88 Å². The SMILES string of the molecule is OCCc1coc(CCN2CCCC2)n1. The molecule has 0 radical (unpaired) electrons. The van der Waals surface area contributed by atoms with Crippen molar-refractivity contribution in [2.75, 3.05) is 26.2 Å². The first kappa shape index (κ1) is 10.6. The van der Waals surface area contributed by atoms with Crippen molar-refractivity contribution >= 4 is 0 Å². The lowest BCUT2D eigenvalue weighted by Crippen LogP contribution is -2.22. The quantitative estimate of drug-likeness (QED) is 0.782. The summed E-state index contributed by atoms with van der Waals surface area (Å²) in [4.78, 5) is 6.75. The molecule has 0 saturated carbocycles. The third kappa shape index (κ3) is 3.04. The van der Waals surface area contributed by atoms with Crippen LogP contribution in [0.4, 0.5) is 0 Å². The molecule has 0 unspecified atom stereocenters. The van der Waals surface area contributed by atoms with Gasteiger partial charge in [-0.25, -0.2) is 4.98 Å². The van der Waals surface area contributed by atoms with Crippen molar-refractivity contribution in [2.45, 2.75) is 25.7 Å². The zero-order valence-corrected chi connectivity index (χ0v) is 8.98. The predicted molar refractivity (Wildman–Crippen MR) is 56.7 cm³/mol. The minimum Gasteiger partial charge on any atom is -0.449 e. The lowest BCUT2D eigenvalue weighted by molar-refractivity contribution is 0.298. The van der Waals surface area contributed by atoms with Crippen LogP contribution in [0.1, 0.15) is 24.4 Å². The summed E-state index contributed by atoms with van der Waals surface area (Å²) in [6.45, 7) is 3.60. The van der Waals surface area contributed by atoms with Gasteiger partial charge in [-0.2, -0.15) is 0 Å². The third-order valence-corrected chi connectivity index (χ3v) is 2.81. The monoisotopic (exact) mass is 210 g/mol. The zero-order chi connectivity index (χ0) is 10.5. The molecule has 1 saturated heterocycles. The maximum atomic E-state index is 8.74. The van der Waals surface area contributed by atoms with E-state index in [1.807, 2.05) is 0 Å². The van der Waals surface area contributed by atoms with Crippen LogP contribution in [0.15, 0.2) is 10.7 Å². The summed E-state index contributed by atoms with van der Waals surface area (Å²) >= 11 is 0. The molecule has 0 atom stereocenters. The molecule has 2 rings (SSSR count). The number of oxazole rings is 1. The van der Waals surface area contributed by atoms with Crippen molar-refractivity contribution in [1.82, 2.24) is 9.88 Å². The summed E-state index contributed by atoms with van der Waals surface area (Å²) in [5.41, 5.74) is 0.855. The van der Waals surface area contributed by atoms with Gasteiger partial charge in [-0.05, 0) is 25.9 Å². The third-order valence-electron chi connectivity index (χ3n) is 2.81. The van der Waals surface area contributed by atoms with Gasteiger partial charge in [0, 0.05) is 26.0 Å². The topological polar surface area (TPSA) is 49.5 Å². The molecule has 4 heteroatoms. The Hall–Kier alpha value is -0.870. The summed E-state index contributed by atoms with van der Waals surface area (Å²) in [5.74, 6) is 0.797. The summed E-state index contributed by atoms with van der Waals surface area (Å²) in [6.07, 6.45) is 5.76. The van der Waals surface area contributed by atoms with E-state index in [-0.39, 0.29) is 6.61 Å². The number of hydrogen-bond acceptors (Lipinski definition) is 4. The van der Waals surface area contributed by atoms with Gasteiger partial charge < -0.3 is 14.4 Å². The number of aliphatic hydroxyl groups excluding tert-OH is 1. The molecule has 0 spiro atoms. The van der Waals surface area contributed by atoms with E-state index in [1.54, 1.807) is 6.26 Å². The number of hydrogen-bond donors (Lipinski definition) is 1. The van der Waals surface area contributed by atoms with Gasteiger partial charge in [0.05, 0.1) is 5.69 Å². The van der Waals surface area contributed by atoms with Crippen molar-refractivity contribution in [1.29, 1.82) is 0 Å². The van der Waals surface area contributed by atoms with Crippen molar-refractivity contribution in [3.05, 3.63) is 17.8 Å². The highest BCUT2D eigenvalue weighted by molar-refractivity contribution is 4.97. The molecule has 1 aromatic heterocycles. The van der Waals surface area contributed by atoms with Crippen molar-refractivity contribution in [3.63, 3.8) is 0 Å². The second-order valence-corrected chi connectivity index (χ2v) is 4.00. The lowest BCUT2D eigenvalue weighted by Gasteiger charge is -2.12. The zero-order valence-electron chi connectivity index (χ0n) is 8.98. The molecule has 0 bridgehead atoms. The van der Waals surface area contributed by atoms with Crippen LogP contribution in [0.3, 0.4) is 0 Å². The van der Waals surface area contributed by atoms with E-state index in [0.717, 1.165) is 24.6 Å². The first-order chi connectivity index (χ1) is 7.38. The van der Waals surface area contributed by atoms with Crippen LogP contribution in [0.25, 0.3) is 0 Å². The fourth-order valence-electron chi connectivity index (χ4n) is 1.95. The second-order valence-electron chi connectivity index (χ2n) is 4.00. The fraction of sp³-hybridized carbons (Fsp3) is 0.727. The molecular weight excluding hydrogens is 192 g/mol. The molecular formula is C11H18N2O2. The predicted octanol–water partition coefficient (Wildman–Crippen LogP) is 0.848. The highest BCUT2D eigenvalue weighted by Gasteiger charge is 2.12. The second kappa shape index (κ2) is 5.28. The van der Waals surface area contributed by atoms with Crippen LogP contribution >= 0.6 is 0 Å². The van der Waals surface area contributed by atoms with Crippen molar-refractivity contribution < 1.29 is 9.52 Å². The highest BCUT2D eigenvalue weighted by atomic mass is 16.3. The standard InChI is InChI=1S/C11H18N2O2/c14-8-4-10-9-15-11(12-10)3-7-13-5-1-2-6-13/h9,14H,1-8H2. The molecule has 1 aliphatic rings. The number of nitrogens with zero attached hydrogens (tertiary/aromatic N) is 2. The van der Waals surface area contributed by atoms with Gasteiger partial charge in [-0.1, -0.05) is 0 Å². The number of likely N-dealkylation sites (tertiary alicyclic amines) is 1. The molecule has 0 amide bonds. The van der Waals surface area contributed by atoms with Gasteiger partial charge in [0.25, 0.3) is 0 Å². The molecule has 1 fully saturated rings. The van der Waals surface area contributed by atoms with Crippen LogP contribution in [0, 0.1) is 0 Å². The molecule has 2 heterocycles. The maximum absolute atomic E-state index is 8.74. The van der Waals surface area contributed by atoms with Gasteiger partial charge in [0.2, 0.25) is 0 Å². The van der Waals surface area contributed by atoms with Crippen molar-refractivity contribution in [2.24, 2.45) is 0 Å². The normalized spacial score (nSPS) is 17.4. The summed E-state index contributed by atoms with van der Waals surface area (Å²) < 4.78 is 5.33. The van der Waals surface area contributed by atoms with Gasteiger partial charge in [0.1, 0.15) is 6.26 Å². The smallest absolute Gasteiger partial charge is 0.195 e. The van der Waals surface area contributed by atoms with Gasteiger partial charge in [0.15, 0.2) is 5.89 Å².